The number of ether oxygens (including phenoxy) is 1. The van der Waals surface area contributed by atoms with Gasteiger partial charge in [0.1, 0.15) is 5.75 Å². The van der Waals surface area contributed by atoms with Crippen molar-refractivity contribution in [2.45, 2.75) is 32.8 Å². The number of rotatable bonds is 3. The summed E-state index contributed by atoms with van der Waals surface area (Å²) in [6.07, 6.45) is 4.15. The van der Waals surface area contributed by atoms with Gasteiger partial charge in [-0.3, -0.25) is 9.63 Å². The minimum absolute atomic E-state index is 0.272. The second-order valence-electron chi connectivity index (χ2n) is 5.48. The van der Waals surface area contributed by atoms with Crippen molar-refractivity contribution in [3.8, 4) is 5.75 Å². The molecule has 0 aromatic heterocycles. The van der Waals surface area contributed by atoms with Gasteiger partial charge in [0.15, 0.2) is 0 Å². The molecule has 2 rings (SSSR count). The number of benzene rings is 1. The maximum Gasteiger partial charge on any atom is 0.267 e. The molecule has 0 aliphatic carbocycles. The fraction of sp³-hybridized carbons (Fsp3) is 0.400. The van der Waals surface area contributed by atoms with E-state index in [4.69, 9.17) is 9.57 Å². The molecule has 102 valence electrons. The van der Waals surface area contributed by atoms with Gasteiger partial charge in [-0.15, -0.1) is 0 Å². The van der Waals surface area contributed by atoms with E-state index in [1.165, 1.54) is 11.6 Å². The van der Waals surface area contributed by atoms with Gasteiger partial charge < -0.3 is 4.74 Å². The van der Waals surface area contributed by atoms with Crippen molar-refractivity contribution in [3.63, 3.8) is 0 Å². The number of hydrogen-bond donors (Lipinski definition) is 1. The molecule has 1 aliphatic rings. The topological polar surface area (TPSA) is 47.6 Å². The Morgan fingerprint density at radius 2 is 2.21 bits per heavy atom. The van der Waals surface area contributed by atoms with Gasteiger partial charge in [0.05, 0.1) is 12.2 Å². The lowest BCUT2D eigenvalue weighted by molar-refractivity contribution is -0.140. The first-order valence-corrected chi connectivity index (χ1v) is 6.36. The zero-order valence-corrected chi connectivity index (χ0v) is 11.5. The lowest BCUT2D eigenvalue weighted by atomic mass is 10.1. The third-order valence-electron chi connectivity index (χ3n) is 2.60. The van der Waals surface area contributed by atoms with Crippen LogP contribution in [0, 0.1) is 0 Å². The Kier molecular flexibility index (Phi) is 3.90. The summed E-state index contributed by atoms with van der Waals surface area (Å²) in [5, 5.41) is 0. The number of nitrogens with one attached hydrogen (secondary N) is 1. The molecule has 1 amide bonds. The van der Waals surface area contributed by atoms with Crippen LogP contribution in [0.1, 0.15) is 31.9 Å². The molecule has 0 bridgehead atoms. The van der Waals surface area contributed by atoms with E-state index in [0.717, 1.165) is 24.3 Å². The van der Waals surface area contributed by atoms with Crippen LogP contribution >= 0.6 is 0 Å². The van der Waals surface area contributed by atoms with E-state index >= 15 is 0 Å². The first-order chi connectivity index (χ1) is 8.94. The Balaban J connectivity index is 1.93. The molecule has 0 radical (unpaired) electrons. The number of hydrogen-bond acceptors (Lipinski definition) is 3. The van der Waals surface area contributed by atoms with Gasteiger partial charge in [0.2, 0.25) is 0 Å². The third kappa shape index (κ3) is 4.10. The number of carbonyl (C=O) groups is 1. The fourth-order valence-corrected chi connectivity index (χ4v) is 1.72. The van der Waals surface area contributed by atoms with Gasteiger partial charge in [0, 0.05) is 12.5 Å². The van der Waals surface area contributed by atoms with Crippen molar-refractivity contribution in [3.05, 3.63) is 35.4 Å². The van der Waals surface area contributed by atoms with E-state index in [9.17, 15) is 4.79 Å². The maximum atomic E-state index is 11.5. The van der Waals surface area contributed by atoms with Crippen LogP contribution in [0.4, 0.5) is 0 Å². The predicted molar refractivity (Wildman–Crippen MR) is 73.7 cm³/mol. The van der Waals surface area contributed by atoms with E-state index < -0.39 is 5.60 Å². The summed E-state index contributed by atoms with van der Waals surface area (Å²) in [5.41, 5.74) is 4.17. The number of fused-ring (bicyclic) bond motifs is 1. The van der Waals surface area contributed by atoms with Gasteiger partial charge in [-0.05, 0) is 50.1 Å². The zero-order chi connectivity index (χ0) is 13.9. The Hall–Kier alpha value is -1.81. The van der Waals surface area contributed by atoms with Crippen molar-refractivity contribution in [1.29, 1.82) is 0 Å². The molecule has 1 aromatic carbocycles. The van der Waals surface area contributed by atoms with Crippen LogP contribution in [0.3, 0.4) is 0 Å². The normalized spacial score (nSPS) is 14.3. The molecule has 0 spiro atoms. The molecular weight excluding hydrogens is 242 g/mol. The SMILES string of the molecule is CC(C)(C)ONC(=O)/C=C/c1ccc2c(c1)CCO2. The second-order valence-corrected chi connectivity index (χ2v) is 5.48. The summed E-state index contributed by atoms with van der Waals surface area (Å²) in [7, 11) is 0. The van der Waals surface area contributed by atoms with Crippen LogP contribution < -0.4 is 10.2 Å². The largest absolute Gasteiger partial charge is 0.493 e. The summed E-state index contributed by atoms with van der Waals surface area (Å²) >= 11 is 0. The van der Waals surface area contributed by atoms with Gasteiger partial charge >= 0.3 is 0 Å². The lowest BCUT2D eigenvalue weighted by Gasteiger charge is -2.17. The Labute approximate surface area is 113 Å². The third-order valence-corrected chi connectivity index (χ3v) is 2.60. The van der Waals surface area contributed by atoms with Crippen LogP contribution in [0.25, 0.3) is 6.08 Å². The molecule has 0 saturated carbocycles. The van der Waals surface area contributed by atoms with E-state index in [0.29, 0.717) is 0 Å². The molecular formula is C15H19NO3. The molecule has 0 unspecified atom stereocenters. The average Bonchev–Trinajstić information content (AvgIpc) is 2.80. The van der Waals surface area contributed by atoms with Crippen LogP contribution in [0.5, 0.6) is 5.75 Å². The monoisotopic (exact) mass is 261 g/mol. The number of hydroxylamine groups is 1. The molecule has 1 aromatic rings. The summed E-state index contributed by atoms with van der Waals surface area (Å²) in [6, 6.07) is 5.90. The number of carbonyl (C=O) groups excluding carboxylic acids is 1. The highest BCUT2D eigenvalue weighted by Gasteiger charge is 2.12. The maximum absolute atomic E-state index is 11.5. The van der Waals surface area contributed by atoms with Crippen molar-refractivity contribution in [2.24, 2.45) is 0 Å². The molecule has 0 saturated heterocycles. The van der Waals surface area contributed by atoms with Crippen molar-refractivity contribution >= 4 is 12.0 Å². The van der Waals surface area contributed by atoms with E-state index in [1.54, 1.807) is 6.08 Å². The van der Waals surface area contributed by atoms with E-state index in [1.807, 2.05) is 39.0 Å². The predicted octanol–water partition coefficient (Wildman–Crippen LogP) is 2.48. The fourth-order valence-electron chi connectivity index (χ4n) is 1.72. The molecule has 0 atom stereocenters. The Morgan fingerprint density at radius 3 is 2.95 bits per heavy atom. The molecule has 0 fully saturated rings. The van der Waals surface area contributed by atoms with Gasteiger partial charge in [-0.1, -0.05) is 6.07 Å². The highest BCUT2D eigenvalue weighted by Crippen LogP contribution is 2.26. The van der Waals surface area contributed by atoms with Crippen LogP contribution in [-0.2, 0) is 16.1 Å². The van der Waals surface area contributed by atoms with E-state index in [2.05, 4.69) is 5.48 Å². The van der Waals surface area contributed by atoms with Crippen LogP contribution in [-0.4, -0.2) is 18.1 Å². The molecule has 19 heavy (non-hydrogen) atoms. The molecule has 1 N–H and O–H groups in total. The number of amides is 1. The summed E-state index contributed by atoms with van der Waals surface area (Å²) in [5.74, 6) is 0.671. The lowest BCUT2D eigenvalue weighted by Crippen LogP contribution is -2.32. The van der Waals surface area contributed by atoms with Gasteiger partial charge in [0.25, 0.3) is 5.91 Å². The standard InChI is InChI=1S/C15H19NO3/c1-15(2,3)19-16-14(17)7-5-11-4-6-13-12(10-11)8-9-18-13/h4-7,10H,8-9H2,1-3H3,(H,16,17)/b7-5+. The van der Waals surface area contributed by atoms with Gasteiger partial charge in [-0.25, -0.2) is 5.48 Å². The quantitative estimate of drug-likeness (QED) is 0.671. The first kappa shape index (κ1) is 13.6. The van der Waals surface area contributed by atoms with Crippen LogP contribution in [0.2, 0.25) is 0 Å². The second kappa shape index (κ2) is 5.45. The average molecular weight is 261 g/mol. The summed E-state index contributed by atoms with van der Waals surface area (Å²) < 4.78 is 5.43. The van der Waals surface area contributed by atoms with Crippen molar-refractivity contribution in [1.82, 2.24) is 5.48 Å². The van der Waals surface area contributed by atoms with E-state index in [-0.39, 0.29) is 5.91 Å². The smallest absolute Gasteiger partial charge is 0.267 e. The molecule has 1 aliphatic heterocycles. The summed E-state index contributed by atoms with van der Waals surface area (Å²) in [4.78, 5) is 16.7. The highest BCUT2D eigenvalue weighted by atomic mass is 16.7. The van der Waals surface area contributed by atoms with Crippen LogP contribution in [0.15, 0.2) is 24.3 Å². The minimum atomic E-state index is -0.394. The summed E-state index contributed by atoms with van der Waals surface area (Å²) in [6.45, 7) is 6.36. The molecule has 1 heterocycles. The van der Waals surface area contributed by atoms with Gasteiger partial charge in [-0.2, -0.15) is 0 Å². The highest BCUT2D eigenvalue weighted by molar-refractivity contribution is 5.91. The zero-order valence-electron chi connectivity index (χ0n) is 11.5. The van der Waals surface area contributed by atoms with Crippen molar-refractivity contribution in [2.75, 3.05) is 6.61 Å². The Bertz CT molecular complexity index is 501. The molecule has 4 nitrogen and oxygen atoms in total. The molecule has 4 heteroatoms. The minimum Gasteiger partial charge on any atom is -0.493 e. The Morgan fingerprint density at radius 1 is 1.42 bits per heavy atom. The first-order valence-electron chi connectivity index (χ1n) is 6.36. The van der Waals surface area contributed by atoms with Crippen molar-refractivity contribution < 1.29 is 14.4 Å².